The quantitative estimate of drug-likeness (QED) is 0.674. The summed E-state index contributed by atoms with van der Waals surface area (Å²) in [6.07, 6.45) is 9.16. The number of fused-ring (bicyclic) bond motifs is 3. The van der Waals surface area contributed by atoms with Crippen molar-refractivity contribution in [2.75, 3.05) is 0 Å². The van der Waals surface area contributed by atoms with E-state index < -0.39 is 5.92 Å². The van der Waals surface area contributed by atoms with Gasteiger partial charge in [0, 0.05) is 5.92 Å². The van der Waals surface area contributed by atoms with Crippen molar-refractivity contribution in [3.8, 4) is 18.4 Å². The van der Waals surface area contributed by atoms with Gasteiger partial charge in [-0.15, -0.1) is 12.3 Å². The maximum atomic E-state index is 12.2. The zero-order chi connectivity index (χ0) is 14.3. The van der Waals surface area contributed by atoms with Gasteiger partial charge in [-0.3, -0.25) is 4.79 Å². The van der Waals surface area contributed by atoms with Crippen molar-refractivity contribution in [1.29, 1.82) is 5.26 Å². The van der Waals surface area contributed by atoms with E-state index in [1.165, 1.54) is 16.7 Å². The van der Waals surface area contributed by atoms with Crippen LogP contribution in [0.2, 0.25) is 0 Å². The van der Waals surface area contributed by atoms with Gasteiger partial charge in [-0.05, 0) is 48.1 Å². The second kappa shape index (κ2) is 4.66. The molecule has 0 heterocycles. The Hall–Kier alpha value is -2.32. The average Bonchev–Trinajstić information content (AvgIpc) is 2.45. The van der Waals surface area contributed by atoms with E-state index in [9.17, 15) is 10.1 Å². The van der Waals surface area contributed by atoms with Gasteiger partial charge in [0.2, 0.25) is 0 Å². The third-order valence-corrected chi connectivity index (χ3v) is 4.50. The third kappa shape index (κ3) is 1.69. The summed E-state index contributed by atoms with van der Waals surface area (Å²) in [5.41, 5.74) is 4.68. The highest BCUT2D eigenvalue weighted by Crippen LogP contribution is 2.45. The molecule has 1 aromatic carbocycles. The number of hydrogen-bond acceptors (Lipinski definition) is 2. The molecule has 3 atom stereocenters. The maximum absolute atomic E-state index is 12.2. The number of terminal acetylenes is 1. The van der Waals surface area contributed by atoms with E-state index in [0.29, 0.717) is 0 Å². The van der Waals surface area contributed by atoms with Gasteiger partial charge in [0.1, 0.15) is 5.92 Å². The molecule has 0 aliphatic heterocycles. The molecule has 1 aromatic rings. The summed E-state index contributed by atoms with van der Waals surface area (Å²) in [7, 11) is 0. The number of rotatable bonds is 0. The molecule has 0 saturated carbocycles. The fourth-order valence-electron chi connectivity index (χ4n) is 3.56. The molecule has 2 aliphatic carbocycles. The maximum Gasteiger partial charge on any atom is 0.174 e. The summed E-state index contributed by atoms with van der Waals surface area (Å²) in [5.74, 6) is 1.72. The summed E-state index contributed by atoms with van der Waals surface area (Å²) >= 11 is 0. The number of carbonyl (C=O) groups is 1. The van der Waals surface area contributed by atoms with Crippen LogP contribution in [0.3, 0.4) is 0 Å². The van der Waals surface area contributed by atoms with E-state index >= 15 is 0 Å². The zero-order valence-electron chi connectivity index (χ0n) is 11.4. The molecule has 3 unspecified atom stereocenters. The summed E-state index contributed by atoms with van der Waals surface area (Å²) in [6, 6.07) is 8.32. The Morgan fingerprint density at radius 2 is 2.20 bits per heavy atom. The highest BCUT2D eigenvalue weighted by molar-refractivity contribution is 6.03. The fourth-order valence-corrected chi connectivity index (χ4v) is 3.56. The lowest BCUT2D eigenvalue weighted by atomic mass is 9.65. The van der Waals surface area contributed by atoms with Crippen LogP contribution in [0.15, 0.2) is 24.3 Å². The van der Waals surface area contributed by atoms with Gasteiger partial charge in [0.15, 0.2) is 5.78 Å². The standard InChI is InChI=1S/C18H15NO/c1-3-13-14-8-7-12-6-4-5-11(2)18(12)15(14)9-17(20)16(13)10-19/h1,4-6,9,13-14,16H,7-8H2,2H3. The highest BCUT2D eigenvalue weighted by Gasteiger charge is 2.41. The van der Waals surface area contributed by atoms with E-state index in [4.69, 9.17) is 6.42 Å². The van der Waals surface area contributed by atoms with E-state index in [1.807, 2.05) is 0 Å². The first-order chi connectivity index (χ1) is 9.67. The molecule has 20 heavy (non-hydrogen) atoms. The minimum absolute atomic E-state index is 0.135. The number of carbonyl (C=O) groups excluding carboxylic acids is 1. The normalized spacial score (nSPS) is 27.6. The van der Waals surface area contributed by atoms with Crippen molar-refractivity contribution < 1.29 is 4.79 Å². The van der Waals surface area contributed by atoms with Crippen LogP contribution < -0.4 is 0 Å². The molecule has 2 aliphatic rings. The van der Waals surface area contributed by atoms with Gasteiger partial charge < -0.3 is 0 Å². The van der Waals surface area contributed by atoms with Gasteiger partial charge in [-0.2, -0.15) is 5.26 Å². The Morgan fingerprint density at radius 1 is 1.40 bits per heavy atom. The van der Waals surface area contributed by atoms with Crippen LogP contribution >= 0.6 is 0 Å². The molecule has 0 fully saturated rings. The SMILES string of the molecule is C#CC1C(C#N)C(=O)C=C2c3c(C)cccc3CCC21. The molecule has 98 valence electrons. The summed E-state index contributed by atoms with van der Waals surface area (Å²) in [6.45, 7) is 2.06. The van der Waals surface area contributed by atoms with Gasteiger partial charge in [0.05, 0.1) is 12.0 Å². The van der Waals surface area contributed by atoms with Crippen molar-refractivity contribution in [3.63, 3.8) is 0 Å². The Morgan fingerprint density at radius 3 is 2.90 bits per heavy atom. The van der Waals surface area contributed by atoms with Crippen LogP contribution in [0.5, 0.6) is 0 Å². The first kappa shape index (κ1) is 12.7. The Bertz CT molecular complexity index is 699. The number of allylic oxidation sites excluding steroid dienone is 2. The van der Waals surface area contributed by atoms with Crippen LogP contribution in [0.1, 0.15) is 23.1 Å². The number of nitrogens with zero attached hydrogens (tertiary/aromatic N) is 1. The molecule has 0 aromatic heterocycles. The molecule has 3 rings (SSSR count). The topological polar surface area (TPSA) is 40.9 Å². The molecule has 0 N–H and O–H groups in total. The van der Waals surface area contributed by atoms with Crippen molar-refractivity contribution >= 4 is 11.4 Å². The van der Waals surface area contributed by atoms with Crippen LogP contribution in [-0.4, -0.2) is 5.78 Å². The van der Waals surface area contributed by atoms with Crippen molar-refractivity contribution in [3.05, 3.63) is 41.0 Å². The van der Waals surface area contributed by atoms with Gasteiger partial charge in [-0.1, -0.05) is 18.2 Å². The lowest BCUT2D eigenvalue weighted by Crippen LogP contribution is -2.34. The molecule has 0 amide bonds. The number of aryl methyl sites for hydroxylation is 2. The van der Waals surface area contributed by atoms with Gasteiger partial charge >= 0.3 is 0 Å². The molecule has 0 bridgehead atoms. The van der Waals surface area contributed by atoms with Crippen molar-refractivity contribution in [2.24, 2.45) is 17.8 Å². The minimum atomic E-state index is -0.681. The first-order valence-electron chi connectivity index (χ1n) is 6.87. The van der Waals surface area contributed by atoms with E-state index in [-0.39, 0.29) is 17.6 Å². The van der Waals surface area contributed by atoms with Crippen LogP contribution in [0.25, 0.3) is 5.57 Å². The first-order valence-corrected chi connectivity index (χ1v) is 6.87. The van der Waals surface area contributed by atoms with Crippen LogP contribution in [0.4, 0.5) is 0 Å². The Balaban J connectivity index is 2.20. The highest BCUT2D eigenvalue weighted by atomic mass is 16.1. The fraction of sp³-hybridized carbons (Fsp3) is 0.333. The molecule has 0 radical (unpaired) electrons. The largest absolute Gasteiger partial charge is 0.293 e. The predicted octanol–water partition coefficient (Wildman–Crippen LogP) is 2.91. The van der Waals surface area contributed by atoms with Crippen molar-refractivity contribution in [2.45, 2.75) is 19.8 Å². The molecular weight excluding hydrogens is 246 g/mol. The zero-order valence-corrected chi connectivity index (χ0v) is 11.4. The second-order valence-corrected chi connectivity index (χ2v) is 5.56. The van der Waals surface area contributed by atoms with E-state index in [2.05, 4.69) is 37.1 Å². The predicted molar refractivity (Wildman–Crippen MR) is 77.4 cm³/mol. The monoisotopic (exact) mass is 261 g/mol. The van der Waals surface area contributed by atoms with Crippen molar-refractivity contribution in [1.82, 2.24) is 0 Å². The number of ketones is 1. The average molecular weight is 261 g/mol. The lowest BCUT2D eigenvalue weighted by molar-refractivity contribution is -0.118. The van der Waals surface area contributed by atoms with Crippen LogP contribution in [-0.2, 0) is 11.2 Å². The summed E-state index contributed by atoms with van der Waals surface area (Å²) < 4.78 is 0. The second-order valence-electron chi connectivity index (χ2n) is 5.56. The smallest absolute Gasteiger partial charge is 0.174 e. The lowest BCUT2D eigenvalue weighted by Gasteiger charge is -2.36. The third-order valence-electron chi connectivity index (χ3n) is 4.50. The number of benzene rings is 1. The van der Waals surface area contributed by atoms with Gasteiger partial charge in [-0.25, -0.2) is 0 Å². The van der Waals surface area contributed by atoms with Crippen LogP contribution in [0, 0.1) is 48.4 Å². The molecular formula is C18H15NO. The minimum Gasteiger partial charge on any atom is -0.293 e. The Labute approximate surface area is 119 Å². The number of nitriles is 1. The molecule has 0 saturated heterocycles. The summed E-state index contributed by atoms with van der Waals surface area (Å²) in [5, 5.41) is 9.21. The number of hydrogen-bond donors (Lipinski definition) is 0. The van der Waals surface area contributed by atoms with Gasteiger partial charge in [0.25, 0.3) is 0 Å². The Kier molecular flexibility index (Phi) is 2.96. The molecule has 2 nitrogen and oxygen atoms in total. The molecule has 2 heteroatoms. The molecule has 0 spiro atoms. The van der Waals surface area contributed by atoms with E-state index in [0.717, 1.165) is 18.4 Å². The summed E-state index contributed by atoms with van der Waals surface area (Å²) in [4.78, 5) is 12.2. The van der Waals surface area contributed by atoms with E-state index in [1.54, 1.807) is 6.08 Å².